The van der Waals surface area contributed by atoms with Gasteiger partial charge in [-0.05, 0) is 62.0 Å². The molecule has 0 aromatic carbocycles. The summed E-state index contributed by atoms with van der Waals surface area (Å²) in [6.07, 6.45) is 4.85. The number of carbonyl (C=O) groups is 1. The minimum Gasteiger partial charge on any atom is -0.392 e. The summed E-state index contributed by atoms with van der Waals surface area (Å²) in [5.74, 6) is -0.619. The Morgan fingerprint density at radius 2 is 1.56 bits per heavy atom. The summed E-state index contributed by atoms with van der Waals surface area (Å²) in [6.45, 7) is 11.3. The zero-order valence-corrected chi connectivity index (χ0v) is 30.8. The third-order valence-corrected chi connectivity index (χ3v) is 14.0. The van der Waals surface area contributed by atoms with E-state index in [9.17, 15) is 9.90 Å². The molecule has 12 heteroatoms. The Labute approximate surface area is 307 Å². The molecule has 10 aliphatic rings. The van der Waals surface area contributed by atoms with Crippen molar-refractivity contribution in [2.45, 2.75) is 194 Å². The van der Waals surface area contributed by atoms with Gasteiger partial charge in [-0.25, -0.2) is 0 Å². The normalized spacial score (nSPS) is 52.4. The lowest BCUT2D eigenvalue weighted by Gasteiger charge is -2.47. The number of carbonyl (C=O) groups excluding carboxylic acids is 1. The molecule has 0 saturated carbocycles. The first-order valence-corrected chi connectivity index (χ1v) is 20.2. The van der Waals surface area contributed by atoms with E-state index < -0.39 is 18.0 Å². The summed E-state index contributed by atoms with van der Waals surface area (Å²) in [5, 5.41) is 10.5. The van der Waals surface area contributed by atoms with Crippen LogP contribution in [0.4, 0.5) is 0 Å². The van der Waals surface area contributed by atoms with Gasteiger partial charge < -0.3 is 53.5 Å². The van der Waals surface area contributed by atoms with Crippen molar-refractivity contribution in [2.75, 3.05) is 13.7 Å². The van der Waals surface area contributed by atoms with Crippen LogP contribution in [0.15, 0.2) is 24.3 Å². The number of nitrogens with two attached hydrogens (primary N) is 1. The number of Topliss-reactive ketones (excluding diaryl/α,β-unsaturated/α-hetero) is 1. The van der Waals surface area contributed by atoms with Crippen LogP contribution in [-0.4, -0.2) is 128 Å². The summed E-state index contributed by atoms with van der Waals surface area (Å²) >= 11 is 0. The third-order valence-electron chi connectivity index (χ3n) is 14.0. The zero-order chi connectivity index (χ0) is 35.9. The van der Waals surface area contributed by atoms with Crippen LogP contribution in [0.2, 0.25) is 0 Å². The molecule has 0 aromatic heterocycles. The lowest BCUT2D eigenvalue weighted by molar-refractivity contribution is -0.292. The lowest BCUT2D eigenvalue weighted by Crippen LogP contribution is -2.61. The van der Waals surface area contributed by atoms with Gasteiger partial charge in [-0.3, -0.25) is 4.79 Å². The number of ketones is 1. The van der Waals surface area contributed by atoms with Crippen molar-refractivity contribution in [1.29, 1.82) is 0 Å². The Bertz CT molecular complexity index is 1380. The molecule has 10 aliphatic heterocycles. The summed E-state index contributed by atoms with van der Waals surface area (Å²) in [5.41, 5.74) is 8.01. The fourth-order valence-electron chi connectivity index (χ4n) is 11.3. The summed E-state index contributed by atoms with van der Waals surface area (Å²) in [6, 6.07) is 0. The van der Waals surface area contributed by atoms with E-state index in [-0.39, 0.29) is 122 Å². The molecule has 0 aliphatic carbocycles. The van der Waals surface area contributed by atoms with Crippen molar-refractivity contribution < 1.29 is 52.5 Å². The second-order valence-corrected chi connectivity index (χ2v) is 17.4. The molecule has 0 radical (unpaired) electrons. The highest BCUT2D eigenvalue weighted by atomic mass is 16.8. The van der Waals surface area contributed by atoms with Gasteiger partial charge in [0.15, 0.2) is 5.79 Å². The zero-order valence-electron chi connectivity index (χ0n) is 30.8. The maximum atomic E-state index is 14.1. The number of aliphatic hydroxyl groups is 1. The van der Waals surface area contributed by atoms with Gasteiger partial charge in [0.1, 0.15) is 36.3 Å². The minimum atomic E-state index is -0.780. The molecule has 52 heavy (non-hydrogen) atoms. The fourth-order valence-corrected chi connectivity index (χ4v) is 11.3. The average molecular weight is 730 g/mol. The van der Waals surface area contributed by atoms with Crippen molar-refractivity contribution in [1.82, 2.24) is 0 Å². The Morgan fingerprint density at radius 1 is 0.808 bits per heavy atom. The molecule has 10 saturated heterocycles. The van der Waals surface area contributed by atoms with Gasteiger partial charge >= 0.3 is 0 Å². The van der Waals surface area contributed by atoms with Crippen LogP contribution in [0.5, 0.6) is 0 Å². The number of fused-ring (bicyclic) bond motifs is 6. The molecule has 10 fully saturated rings. The molecule has 1 spiro atoms. The van der Waals surface area contributed by atoms with Gasteiger partial charge in [0, 0.05) is 58.1 Å². The van der Waals surface area contributed by atoms with Crippen molar-refractivity contribution in [3.05, 3.63) is 24.3 Å². The monoisotopic (exact) mass is 729 g/mol. The standard InChI is InChI=1S/C40H59NO11/c1-19-11-24-5-7-28-20(2)12-26(45-28)9-10-40-17-33-36(51-40)37-38(50-33)39(52-40)35-29(49-37)8-6-25(47-35)13-22(42)14-27-31(16-30(46-24)21(19)3)48-32(34(27)44-4)15-23(43)18-41/h19,23-39,43H,2-3,5-18,41H2,1,4H3/t19-,23+,24+,25-,26+,27+,28+,29+,30-,31+,32-,33-,34-,35+,36?,37+,38-,39+,40+/m1/s1. The van der Waals surface area contributed by atoms with E-state index in [2.05, 4.69) is 20.1 Å². The largest absolute Gasteiger partial charge is 0.392 e. The van der Waals surface area contributed by atoms with E-state index in [1.807, 2.05) is 0 Å². The van der Waals surface area contributed by atoms with Gasteiger partial charge in [-0.2, -0.15) is 0 Å². The van der Waals surface area contributed by atoms with Gasteiger partial charge in [-0.15, -0.1) is 0 Å². The quantitative estimate of drug-likeness (QED) is 0.409. The Hall–Kier alpha value is -1.29. The second kappa shape index (κ2) is 14.3. The smallest absolute Gasteiger partial charge is 0.172 e. The lowest BCUT2D eigenvalue weighted by atomic mass is 9.81. The molecule has 0 amide bonds. The van der Waals surface area contributed by atoms with Gasteiger partial charge in [0.25, 0.3) is 0 Å². The highest BCUT2D eigenvalue weighted by Crippen LogP contribution is 2.54. The number of ether oxygens (including phenoxy) is 9. The number of aliphatic hydroxyl groups excluding tert-OH is 1. The summed E-state index contributed by atoms with van der Waals surface area (Å²) in [7, 11) is 1.66. The molecular formula is C40H59NO11. The number of hydrogen-bond donors (Lipinski definition) is 2. The maximum absolute atomic E-state index is 14.1. The van der Waals surface area contributed by atoms with Crippen LogP contribution < -0.4 is 5.73 Å². The Kier molecular flexibility index (Phi) is 10.0. The SMILES string of the molecule is C=C1C[C@@H]2CC[C@@]34C[C@H]5O[C@H]6[C@@H](O3)[C@H]3O[C@H](CC[C@@H]3O[C@H]6C5O4)CC(=O)C[C@@H]3[C@@H](OC)[C@@H](C[C@H](O)CN)O[C@H]3C[C@H]3O[C@@H](CC[C@@H]1O2)C[C@@H](C)C3=C. The van der Waals surface area contributed by atoms with E-state index in [0.717, 1.165) is 56.1 Å². The first-order chi connectivity index (χ1) is 25.1. The highest BCUT2D eigenvalue weighted by molar-refractivity contribution is 5.79. The Balaban J connectivity index is 0.994. The van der Waals surface area contributed by atoms with E-state index in [0.29, 0.717) is 25.7 Å². The molecule has 3 N–H and O–H groups in total. The third kappa shape index (κ3) is 6.59. The maximum Gasteiger partial charge on any atom is 0.172 e. The van der Waals surface area contributed by atoms with Crippen molar-refractivity contribution in [3.8, 4) is 0 Å². The molecule has 10 rings (SSSR count). The molecule has 12 bridgehead atoms. The topological polar surface area (TPSA) is 146 Å². The predicted octanol–water partition coefficient (Wildman–Crippen LogP) is 3.44. The highest BCUT2D eigenvalue weighted by Gasteiger charge is 2.68. The number of rotatable bonds is 4. The van der Waals surface area contributed by atoms with Gasteiger partial charge in [0.05, 0.1) is 67.1 Å². The van der Waals surface area contributed by atoms with Crippen LogP contribution in [0.1, 0.15) is 90.4 Å². The van der Waals surface area contributed by atoms with Crippen LogP contribution in [0.25, 0.3) is 0 Å². The number of hydrogen-bond acceptors (Lipinski definition) is 12. The minimum absolute atomic E-state index is 0.0158. The average Bonchev–Trinajstić information content (AvgIpc) is 3.79. The summed E-state index contributed by atoms with van der Waals surface area (Å²) in [4.78, 5) is 14.1. The van der Waals surface area contributed by atoms with E-state index in [1.165, 1.54) is 0 Å². The predicted molar refractivity (Wildman–Crippen MR) is 186 cm³/mol. The molecule has 19 atom stereocenters. The fraction of sp³-hybridized carbons (Fsp3) is 0.875. The van der Waals surface area contributed by atoms with E-state index >= 15 is 0 Å². The molecule has 10 heterocycles. The van der Waals surface area contributed by atoms with Crippen molar-refractivity contribution >= 4 is 5.78 Å². The van der Waals surface area contributed by atoms with Gasteiger partial charge in [0.2, 0.25) is 0 Å². The molecular weight excluding hydrogens is 670 g/mol. The molecule has 0 aromatic rings. The summed E-state index contributed by atoms with van der Waals surface area (Å²) < 4.78 is 60.0. The first kappa shape index (κ1) is 36.4. The van der Waals surface area contributed by atoms with Crippen molar-refractivity contribution in [2.24, 2.45) is 17.6 Å². The number of methoxy groups -OCH3 is 1. The van der Waals surface area contributed by atoms with E-state index in [4.69, 9.17) is 48.4 Å². The van der Waals surface area contributed by atoms with Gasteiger partial charge in [-0.1, -0.05) is 20.1 Å². The van der Waals surface area contributed by atoms with E-state index in [1.54, 1.807) is 7.11 Å². The van der Waals surface area contributed by atoms with Crippen LogP contribution >= 0.6 is 0 Å². The second-order valence-electron chi connectivity index (χ2n) is 17.4. The molecule has 1 unspecified atom stereocenters. The molecule has 290 valence electrons. The first-order valence-electron chi connectivity index (χ1n) is 20.2. The molecule has 12 nitrogen and oxygen atoms in total. The van der Waals surface area contributed by atoms with Crippen LogP contribution in [0.3, 0.4) is 0 Å². The van der Waals surface area contributed by atoms with Crippen LogP contribution in [-0.2, 0) is 47.4 Å². The van der Waals surface area contributed by atoms with Crippen molar-refractivity contribution in [3.63, 3.8) is 0 Å². The Morgan fingerprint density at radius 3 is 2.38 bits per heavy atom. The van der Waals surface area contributed by atoms with Crippen LogP contribution in [0, 0.1) is 11.8 Å².